The number of nitrogens with zero attached hydrogens (tertiary/aromatic N) is 2. The number of para-hydroxylation sites is 1. The molecule has 0 fully saturated rings. The molecule has 2 aromatic heterocycles. The predicted molar refractivity (Wildman–Crippen MR) is 106 cm³/mol. The second-order valence-electron chi connectivity index (χ2n) is 7.43. The Labute approximate surface area is 162 Å². The van der Waals surface area contributed by atoms with Crippen LogP contribution in [0.25, 0.3) is 10.2 Å². The van der Waals surface area contributed by atoms with E-state index in [1.165, 1.54) is 11.3 Å². The van der Waals surface area contributed by atoms with Crippen LogP contribution in [-0.4, -0.2) is 34.4 Å². The molecule has 0 radical (unpaired) electrons. The summed E-state index contributed by atoms with van der Waals surface area (Å²) in [5.74, 6) is 1.46. The predicted octanol–water partition coefficient (Wildman–Crippen LogP) is 3.47. The fourth-order valence-corrected chi connectivity index (χ4v) is 4.47. The second kappa shape index (κ2) is 6.56. The maximum absolute atomic E-state index is 12.4. The van der Waals surface area contributed by atoms with Crippen molar-refractivity contribution in [3.05, 3.63) is 40.4 Å². The van der Waals surface area contributed by atoms with Gasteiger partial charge in [-0.15, -0.1) is 11.3 Å². The molecule has 0 unspecified atom stereocenters. The monoisotopic (exact) mass is 385 g/mol. The van der Waals surface area contributed by atoms with Crippen LogP contribution < -0.4 is 14.8 Å². The molecule has 1 amide bonds. The van der Waals surface area contributed by atoms with Crippen LogP contribution in [0.1, 0.15) is 34.8 Å². The number of fused-ring (bicyclic) bond motifs is 2. The number of aromatic nitrogens is 2. The Morgan fingerprint density at radius 3 is 3.04 bits per heavy atom. The SMILES string of the molecule is Cc1nn(C)c2sc(C(=O)NCCOc3cccc4c3OC(C)(C)C4)cc12. The number of aryl methyl sites for hydroxylation is 2. The third-order valence-electron chi connectivity index (χ3n) is 4.62. The van der Waals surface area contributed by atoms with Crippen LogP contribution in [0, 0.1) is 6.92 Å². The molecule has 0 saturated carbocycles. The molecular weight excluding hydrogens is 362 g/mol. The standard InChI is InChI=1S/C20H23N3O3S/c1-12-14-10-16(27-19(14)23(4)22-12)18(24)21-8-9-25-15-7-5-6-13-11-20(2,3)26-17(13)15/h5-7,10H,8-9,11H2,1-4H3,(H,21,24). The third kappa shape index (κ3) is 3.39. The molecule has 3 aromatic rings. The normalized spacial score (nSPS) is 14.8. The summed E-state index contributed by atoms with van der Waals surface area (Å²) in [6.07, 6.45) is 0.872. The first-order chi connectivity index (χ1) is 12.8. The molecule has 1 N–H and O–H groups in total. The number of benzene rings is 1. The van der Waals surface area contributed by atoms with Gasteiger partial charge in [0.05, 0.1) is 17.1 Å². The highest BCUT2D eigenvalue weighted by atomic mass is 32.1. The molecule has 3 heterocycles. The number of amides is 1. The first kappa shape index (κ1) is 17.9. The van der Waals surface area contributed by atoms with Gasteiger partial charge in [0.2, 0.25) is 0 Å². The number of thiophene rings is 1. The van der Waals surface area contributed by atoms with Crippen LogP contribution in [0.3, 0.4) is 0 Å². The molecule has 1 aliphatic rings. The molecule has 0 spiro atoms. The van der Waals surface area contributed by atoms with Crippen LogP contribution in [0.15, 0.2) is 24.3 Å². The third-order valence-corrected chi connectivity index (χ3v) is 5.82. The van der Waals surface area contributed by atoms with Gasteiger partial charge < -0.3 is 14.8 Å². The molecule has 4 rings (SSSR count). The van der Waals surface area contributed by atoms with E-state index in [1.54, 1.807) is 0 Å². The highest BCUT2D eigenvalue weighted by Crippen LogP contribution is 2.41. The van der Waals surface area contributed by atoms with Gasteiger partial charge in [0, 0.05) is 24.4 Å². The van der Waals surface area contributed by atoms with Gasteiger partial charge in [-0.3, -0.25) is 9.48 Å². The quantitative estimate of drug-likeness (QED) is 0.683. The molecule has 1 aromatic carbocycles. The summed E-state index contributed by atoms with van der Waals surface area (Å²) in [5, 5.41) is 8.31. The van der Waals surface area contributed by atoms with Crippen LogP contribution in [0.4, 0.5) is 0 Å². The first-order valence-electron chi connectivity index (χ1n) is 8.99. The molecule has 27 heavy (non-hydrogen) atoms. The number of rotatable bonds is 5. The summed E-state index contributed by atoms with van der Waals surface area (Å²) in [4.78, 5) is 14.1. The molecule has 142 valence electrons. The fraction of sp³-hybridized carbons (Fsp3) is 0.400. The van der Waals surface area contributed by atoms with Crippen molar-refractivity contribution < 1.29 is 14.3 Å². The van der Waals surface area contributed by atoms with E-state index in [1.807, 2.05) is 36.9 Å². The molecule has 0 bridgehead atoms. The van der Waals surface area contributed by atoms with E-state index < -0.39 is 0 Å². The Morgan fingerprint density at radius 2 is 2.26 bits per heavy atom. The van der Waals surface area contributed by atoms with Crippen LogP contribution in [0.2, 0.25) is 0 Å². The number of carbonyl (C=O) groups is 1. The van der Waals surface area contributed by atoms with Crippen molar-refractivity contribution in [1.29, 1.82) is 0 Å². The fourth-order valence-electron chi connectivity index (χ4n) is 3.43. The summed E-state index contributed by atoms with van der Waals surface area (Å²) in [6, 6.07) is 7.85. The molecule has 0 saturated heterocycles. The zero-order valence-corrected chi connectivity index (χ0v) is 16.8. The maximum atomic E-state index is 12.4. The Balaban J connectivity index is 1.35. The zero-order valence-electron chi connectivity index (χ0n) is 16.0. The molecular formula is C20H23N3O3S. The van der Waals surface area contributed by atoms with E-state index in [-0.39, 0.29) is 11.5 Å². The number of carbonyl (C=O) groups excluding carboxylic acids is 1. The average molecular weight is 385 g/mol. The molecule has 1 aliphatic heterocycles. The molecule has 0 atom stereocenters. The van der Waals surface area contributed by atoms with Gasteiger partial charge in [0.1, 0.15) is 17.0 Å². The van der Waals surface area contributed by atoms with E-state index >= 15 is 0 Å². The van der Waals surface area contributed by atoms with Gasteiger partial charge in [-0.2, -0.15) is 5.10 Å². The summed E-state index contributed by atoms with van der Waals surface area (Å²) >= 11 is 1.45. The number of nitrogens with one attached hydrogen (secondary N) is 1. The van der Waals surface area contributed by atoms with E-state index in [0.717, 1.165) is 39.4 Å². The first-order valence-corrected chi connectivity index (χ1v) is 9.81. The van der Waals surface area contributed by atoms with Crippen molar-refractivity contribution in [2.45, 2.75) is 32.8 Å². The minimum absolute atomic E-state index is 0.0881. The van der Waals surface area contributed by atoms with E-state index in [9.17, 15) is 4.79 Å². The van der Waals surface area contributed by atoms with Crippen LogP contribution >= 0.6 is 11.3 Å². The van der Waals surface area contributed by atoms with E-state index in [4.69, 9.17) is 9.47 Å². The lowest BCUT2D eigenvalue weighted by molar-refractivity contribution is 0.0950. The van der Waals surface area contributed by atoms with Gasteiger partial charge in [-0.05, 0) is 32.9 Å². The summed E-state index contributed by atoms with van der Waals surface area (Å²) in [6.45, 7) is 6.90. The second-order valence-corrected chi connectivity index (χ2v) is 8.46. The zero-order chi connectivity index (χ0) is 19.2. The van der Waals surface area contributed by atoms with Crippen molar-refractivity contribution >= 4 is 27.5 Å². The Morgan fingerprint density at radius 1 is 1.44 bits per heavy atom. The van der Waals surface area contributed by atoms with Crippen LogP contribution in [0.5, 0.6) is 11.5 Å². The minimum atomic E-state index is -0.204. The van der Waals surface area contributed by atoms with Gasteiger partial charge in [0.25, 0.3) is 5.91 Å². The molecule has 7 heteroatoms. The lowest BCUT2D eigenvalue weighted by Gasteiger charge is -2.18. The summed E-state index contributed by atoms with van der Waals surface area (Å²) in [7, 11) is 1.89. The van der Waals surface area contributed by atoms with E-state index in [2.05, 4.69) is 30.3 Å². The highest BCUT2D eigenvalue weighted by Gasteiger charge is 2.32. The minimum Gasteiger partial charge on any atom is -0.488 e. The topological polar surface area (TPSA) is 65.4 Å². The van der Waals surface area contributed by atoms with Crippen molar-refractivity contribution in [1.82, 2.24) is 15.1 Å². The van der Waals surface area contributed by atoms with Crippen molar-refractivity contribution in [3.63, 3.8) is 0 Å². The molecule has 0 aliphatic carbocycles. The summed E-state index contributed by atoms with van der Waals surface area (Å²) in [5.41, 5.74) is 1.90. The smallest absolute Gasteiger partial charge is 0.261 e. The number of hydrogen-bond acceptors (Lipinski definition) is 5. The largest absolute Gasteiger partial charge is 0.488 e. The van der Waals surface area contributed by atoms with Crippen molar-refractivity contribution in [3.8, 4) is 11.5 Å². The maximum Gasteiger partial charge on any atom is 0.261 e. The van der Waals surface area contributed by atoms with Gasteiger partial charge in [0.15, 0.2) is 11.5 Å². The van der Waals surface area contributed by atoms with Gasteiger partial charge >= 0.3 is 0 Å². The van der Waals surface area contributed by atoms with Crippen molar-refractivity contribution in [2.24, 2.45) is 7.05 Å². The van der Waals surface area contributed by atoms with Gasteiger partial charge in [-0.25, -0.2) is 0 Å². The number of hydrogen-bond donors (Lipinski definition) is 1. The average Bonchev–Trinajstić information content (AvgIpc) is 3.25. The van der Waals surface area contributed by atoms with Crippen LogP contribution in [-0.2, 0) is 13.5 Å². The summed E-state index contributed by atoms with van der Waals surface area (Å²) < 4.78 is 13.7. The Hall–Kier alpha value is -2.54. The Bertz CT molecular complexity index is 985. The van der Waals surface area contributed by atoms with E-state index in [0.29, 0.717) is 18.0 Å². The Kier molecular flexibility index (Phi) is 4.34. The number of ether oxygens (including phenoxy) is 2. The lowest BCUT2D eigenvalue weighted by atomic mass is 10.0. The lowest BCUT2D eigenvalue weighted by Crippen LogP contribution is -2.27. The van der Waals surface area contributed by atoms with Gasteiger partial charge in [-0.1, -0.05) is 12.1 Å². The molecule has 6 nitrogen and oxygen atoms in total. The highest BCUT2D eigenvalue weighted by molar-refractivity contribution is 7.20. The van der Waals surface area contributed by atoms with Crippen molar-refractivity contribution in [2.75, 3.05) is 13.2 Å².